The van der Waals surface area contributed by atoms with Gasteiger partial charge in [0.25, 0.3) is 5.56 Å². The molecule has 1 aromatic heterocycles. The summed E-state index contributed by atoms with van der Waals surface area (Å²) in [6.45, 7) is 4.09. The molecule has 2 aliphatic heterocycles. The van der Waals surface area contributed by atoms with Crippen LogP contribution in [0.1, 0.15) is 18.4 Å². The monoisotopic (exact) mass is 340 g/mol. The van der Waals surface area contributed by atoms with E-state index in [0.717, 1.165) is 55.5 Å². The smallest absolute Gasteiger partial charge is 0.317 e. The lowest BCUT2D eigenvalue weighted by atomic mass is 10.0. The van der Waals surface area contributed by atoms with Crippen LogP contribution in [0.4, 0.5) is 4.79 Å². The summed E-state index contributed by atoms with van der Waals surface area (Å²) in [6.07, 6.45) is 1.95. The van der Waals surface area contributed by atoms with Crippen LogP contribution in [0.2, 0.25) is 0 Å². The predicted molar refractivity (Wildman–Crippen MR) is 97.6 cm³/mol. The van der Waals surface area contributed by atoms with Crippen molar-refractivity contribution in [3.63, 3.8) is 0 Å². The fraction of sp³-hybridized carbons (Fsp3) is 0.474. The normalized spacial score (nSPS) is 19.6. The summed E-state index contributed by atoms with van der Waals surface area (Å²) < 4.78 is 1.74. The molecular weight excluding hydrogens is 316 g/mol. The number of nitrogens with one attached hydrogen (secondary N) is 1. The van der Waals surface area contributed by atoms with E-state index in [9.17, 15) is 9.59 Å². The number of fused-ring (bicyclic) bond motifs is 1. The maximum absolute atomic E-state index is 12.6. The van der Waals surface area contributed by atoms with Crippen LogP contribution < -0.4 is 10.9 Å². The number of rotatable bonds is 3. The number of pyridine rings is 1. The number of piperidine rings is 1. The number of carbonyl (C=O) groups is 1. The van der Waals surface area contributed by atoms with E-state index < -0.39 is 0 Å². The Morgan fingerprint density at radius 2 is 1.88 bits per heavy atom. The number of hydrogen-bond acceptors (Lipinski definition) is 3. The van der Waals surface area contributed by atoms with Crippen molar-refractivity contribution in [2.75, 3.05) is 26.2 Å². The van der Waals surface area contributed by atoms with Gasteiger partial charge in [-0.3, -0.25) is 9.69 Å². The number of likely N-dealkylation sites (tertiary alicyclic amines) is 1. The summed E-state index contributed by atoms with van der Waals surface area (Å²) in [5.41, 5.74) is 1.90. The number of aryl methyl sites for hydroxylation is 1. The summed E-state index contributed by atoms with van der Waals surface area (Å²) in [5, 5.41) is 3.98. The van der Waals surface area contributed by atoms with Crippen molar-refractivity contribution in [3.8, 4) is 0 Å². The Morgan fingerprint density at radius 1 is 1.12 bits per heavy atom. The number of carbonyl (C=O) groups excluding carboxylic acids is 1. The molecule has 3 heterocycles. The number of aromatic nitrogens is 1. The summed E-state index contributed by atoms with van der Waals surface area (Å²) in [5.74, 6) is 0. The fourth-order valence-corrected chi connectivity index (χ4v) is 4.07. The molecule has 1 aromatic carbocycles. The van der Waals surface area contributed by atoms with Crippen LogP contribution in [0.3, 0.4) is 0 Å². The van der Waals surface area contributed by atoms with E-state index >= 15 is 0 Å². The first kappa shape index (κ1) is 16.1. The summed E-state index contributed by atoms with van der Waals surface area (Å²) in [7, 11) is 1.84. The third kappa shape index (κ3) is 3.02. The zero-order valence-electron chi connectivity index (χ0n) is 14.6. The molecule has 25 heavy (non-hydrogen) atoms. The lowest BCUT2D eigenvalue weighted by molar-refractivity contribution is 0.132. The summed E-state index contributed by atoms with van der Waals surface area (Å²) in [6, 6.07) is 10.4. The molecule has 0 unspecified atom stereocenters. The highest BCUT2D eigenvalue weighted by Gasteiger charge is 2.30. The van der Waals surface area contributed by atoms with Gasteiger partial charge >= 0.3 is 6.03 Å². The number of para-hydroxylation sites is 1. The molecule has 2 aromatic rings. The van der Waals surface area contributed by atoms with Crippen molar-refractivity contribution >= 4 is 16.9 Å². The molecule has 132 valence electrons. The van der Waals surface area contributed by atoms with Gasteiger partial charge < -0.3 is 14.8 Å². The SMILES string of the molecule is Cn1c(=O)c(CN2CCC(N3CCNC3=O)CC2)cc2ccccc21. The van der Waals surface area contributed by atoms with Gasteiger partial charge in [-0.1, -0.05) is 18.2 Å². The van der Waals surface area contributed by atoms with Gasteiger partial charge in [-0.05, 0) is 30.4 Å². The molecule has 1 N–H and O–H groups in total. The molecule has 0 atom stereocenters. The molecule has 0 aliphatic carbocycles. The van der Waals surface area contributed by atoms with Gasteiger partial charge in [-0.15, -0.1) is 0 Å². The highest BCUT2D eigenvalue weighted by molar-refractivity contribution is 5.79. The predicted octanol–water partition coefficient (Wildman–Crippen LogP) is 1.53. The van der Waals surface area contributed by atoms with E-state index in [1.165, 1.54) is 0 Å². The number of urea groups is 1. The van der Waals surface area contributed by atoms with Gasteiger partial charge in [0.05, 0.1) is 5.52 Å². The van der Waals surface area contributed by atoms with Gasteiger partial charge in [0.15, 0.2) is 0 Å². The molecule has 2 amide bonds. The van der Waals surface area contributed by atoms with Crippen molar-refractivity contribution in [2.24, 2.45) is 7.05 Å². The van der Waals surface area contributed by atoms with E-state index in [1.54, 1.807) is 4.57 Å². The third-order valence-electron chi connectivity index (χ3n) is 5.49. The minimum Gasteiger partial charge on any atom is -0.336 e. The molecule has 2 fully saturated rings. The summed E-state index contributed by atoms with van der Waals surface area (Å²) >= 11 is 0. The number of hydrogen-bond donors (Lipinski definition) is 1. The molecule has 6 heteroatoms. The molecule has 2 aliphatic rings. The zero-order valence-corrected chi connectivity index (χ0v) is 14.6. The van der Waals surface area contributed by atoms with Crippen molar-refractivity contribution in [1.82, 2.24) is 19.7 Å². The molecule has 0 saturated carbocycles. The first-order chi connectivity index (χ1) is 12.1. The Bertz CT molecular complexity index is 852. The number of benzene rings is 1. The van der Waals surface area contributed by atoms with Gasteiger partial charge in [-0.25, -0.2) is 4.79 Å². The molecule has 0 radical (unpaired) electrons. The van der Waals surface area contributed by atoms with Crippen LogP contribution in [-0.4, -0.2) is 52.6 Å². The van der Waals surface area contributed by atoms with Crippen molar-refractivity contribution in [2.45, 2.75) is 25.4 Å². The van der Waals surface area contributed by atoms with Crippen LogP contribution in [0.5, 0.6) is 0 Å². The molecule has 0 bridgehead atoms. The van der Waals surface area contributed by atoms with E-state index in [1.807, 2.05) is 36.2 Å². The highest BCUT2D eigenvalue weighted by atomic mass is 16.2. The first-order valence-corrected chi connectivity index (χ1v) is 8.98. The quantitative estimate of drug-likeness (QED) is 0.922. The standard InChI is InChI=1S/C19H24N4O2/c1-21-17-5-3-2-4-14(17)12-15(18(21)24)13-22-9-6-16(7-10-22)23-11-8-20-19(23)25/h2-5,12,16H,6-11,13H2,1H3,(H,20,25). The van der Waals surface area contributed by atoms with Crippen molar-refractivity contribution in [3.05, 3.63) is 46.2 Å². The van der Waals surface area contributed by atoms with Crippen LogP contribution in [0, 0.1) is 0 Å². The van der Waals surface area contributed by atoms with Crippen molar-refractivity contribution < 1.29 is 4.79 Å². The van der Waals surface area contributed by atoms with Crippen LogP contribution in [0.15, 0.2) is 35.1 Å². The van der Waals surface area contributed by atoms with Crippen LogP contribution in [-0.2, 0) is 13.6 Å². The zero-order chi connectivity index (χ0) is 17.4. The topological polar surface area (TPSA) is 57.6 Å². The van der Waals surface area contributed by atoms with E-state index in [0.29, 0.717) is 12.6 Å². The second-order valence-electron chi connectivity index (χ2n) is 7.03. The van der Waals surface area contributed by atoms with Gasteiger partial charge in [0.1, 0.15) is 0 Å². The summed E-state index contributed by atoms with van der Waals surface area (Å²) in [4.78, 5) is 28.8. The van der Waals surface area contributed by atoms with Gasteiger partial charge in [0, 0.05) is 51.4 Å². The second kappa shape index (κ2) is 6.52. The average molecular weight is 340 g/mol. The third-order valence-corrected chi connectivity index (χ3v) is 5.49. The number of nitrogens with zero attached hydrogens (tertiary/aromatic N) is 3. The lowest BCUT2D eigenvalue weighted by Gasteiger charge is -2.36. The Hall–Kier alpha value is -2.34. The molecule has 0 spiro atoms. The minimum absolute atomic E-state index is 0.0712. The Balaban J connectivity index is 1.47. The molecule has 2 saturated heterocycles. The number of amides is 2. The van der Waals surface area contributed by atoms with E-state index in [-0.39, 0.29) is 11.6 Å². The van der Waals surface area contributed by atoms with Gasteiger partial charge in [0.2, 0.25) is 0 Å². The molecule has 6 nitrogen and oxygen atoms in total. The lowest BCUT2D eigenvalue weighted by Crippen LogP contribution is -2.46. The Labute approximate surface area is 147 Å². The average Bonchev–Trinajstić information content (AvgIpc) is 3.06. The maximum atomic E-state index is 12.6. The molecular formula is C19H24N4O2. The van der Waals surface area contributed by atoms with Gasteiger partial charge in [-0.2, -0.15) is 0 Å². The second-order valence-corrected chi connectivity index (χ2v) is 7.03. The van der Waals surface area contributed by atoms with Crippen LogP contribution >= 0.6 is 0 Å². The van der Waals surface area contributed by atoms with E-state index in [4.69, 9.17) is 0 Å². The van der Waals surface area contributed by atoms with E-state index in [2.05, 4.69) is 16.3 Å². The fourth-order valence-electron chi connectivity index (χ4n) is 4.07. The maximum Gasteiger partial charge on any atom is 0.317 e. The minimum atomic E-state index is 0.0712. The first-order valence-electron chi connectivity index (χ1n) is 8.98. The molecule has 4 rings (SSSR count). The van der Waals surface area contributed by atoms with Crippen LogP contribution in [0.25, 0.3) is 10.9 Å². The Kier molecular flexibility index (Phi) is 4.21. The highest BCUT2D eigenvalue weighted by Crippen LogP contribution is 2.20. The Morgan fingerprint density at radius 3 is 2.60 bits per heavy atom. The largest absolute Gasteiger partial charge is 0.336 e. The van der Waals surface area contributed by atoms with Crippen molar-refractivity contribution in [1.29, 1.82) is 0 Å².